The number of halogens is 4. The fourth-order valence-electron chi connectivity index (χ4n) is 1.04. The zero-order valence-electron chi connectivity index (χ0n) is 7.64. The number of benzene rings is 1. The molecule has 0 amide bonds. The molecule has 0 radical (unpaired) electrons. The van der Waals surface area contributed by atoms with Crippen molar-refractivity contribution >= 4 is 29.0 Å². The molecule has 15 heavy (non-hydrogen) atoms. The summed E-state index contributed by atoms with van der Waals surface area (Å²) in [6.45, 7) is 0. The van der Waals surface area contributed by atoms with Crippen molar-refractivity contribution in [3.8, 4) is 0 Å². The molecule has 1 aromatic carbocycles. The number of carbonyl (C=O) groups is 1. The molecule has 82 valence electrons. The molecular formula is C10H8Cl2F2O. The summed E-state index contributed by atoms with van der Waals surface area (Å²) < 4.78 is 24.5. The van der Waals surface area contributed by atoms with Gasteiger partial charge < -0.3 is 0 Å². The van der Waals surface area contributed by atoms with Crippen LogP contribution in [0, 0.1) is 0 Å². The lowest BCUT2D eigenvalue weighted by Gasteiger charge is -2.06. The number of carbonyl (C=O) groups excluding carboxylic acids is 1. The van der Waals surface area contributed by atoms with E-state index in [2.05, 4.69) is 11.6 Å². The summed E-state index contributed by atoms with van der Waals surface area (Å²) in [7, 11) is 0. The highest BCUT2D eigenvalue weighted by molar-refractivity contribution is 6.30. The third-order valence-corrected chi connectivity index (χ3v) is 2.24. The lowest BCUT2D eigenvalue weighted by atomic mass is 10.1. The van der Waals surface area contributed by atoms with Crippen LogP contribution in [0.4, 0.5) is 8.78 Å². The molecule has 0 aliphatic heterocycles. The van der Waals surface area contributed by atoms with E-state index in [1.54, 1.807) is 0 Å². The van der Waals surface area contributed by atoms with Crippen molar-refractivity contribution in [2.75, 3.05) is 0 Å². The van der Waals surface area contributed by atoms with Crippen LogP contribution < -0.4 is 0 Å². The maximum atomic E-state index is 12.3. The molecule has 0 N–H and O–H groups in total. The van der Waals surface area contributed by atoms with Gasteiger partial charge in [0.25, 0.3) is 0 Å². The van der Waals surface area contributed by atoms with E-state index >= 15 is 0 Å². The van der Waals surface area contributed by atoms with Gasteiger partial charge in [0.05, 0.1) is 0 Å². The molecule has 1 rings (SSSR count). The summed E-state index contributed by atoms with van der Waals surface area (Å²) >= 11 is 10.3. The highest BCUT2D eigenvalue weighted by Crippen LogP contribution is 2.25. The van der Waals surface area contributed by atoms with Crippen LogP contribution in [-0.4, -0.2) is 11.2 Å². The SMILES string of the molecule is O=C(CCC(F)(F)Cl)c1ccc(Cl)cc1. The monoisotopic (exact) mass is 252 g/mol. The Morgan fingerprint density at radius 2 is 1.80 bits per heavy atom. The van der Waals surface area contributed by atoms with E-state index in [-0.39, 0.29) is 12.2 Å². The van der Waals surface area contributed by atoms with Crippen LogP contribution in [0.3, 0.4) is 0 Å². The number of alkyl halides is 3. The molecule has 0 saturated heterocycles. The van der Waals surface area contributed by atoms with Gasteiger partial charge in [0.1, 0.15) is 0 Å². The van der Waals surface area contributed by atoms with Gasteiger partial charge in [-0.1, -0.05) is 11.6 Å². The Morgan fingerprint density at radius 3 is 2.27 bits per heavy atom. The minimum Gasteiger partial charge on any atom is -0.294 e. The van der Waals surface area contributed by atoms with Crippen LogP contribution in [0.5, 0.6) is 0 Å². The van der Waals surface area contributed by atoms with E-state index in [1.807, 2.05) is 0 Å². The lowest BCUT2D eigenvalue weighted by Crippen LogP contribution is -2.09. The van der Waals surface area contributed by atoms with Gasteiger partial charge in [-0.25, -0.2) is 0 Å². The van der Waals surface area contributed by atoms with E-state index in [0.29, 0.717) is 10.6 Å². The predicted molar refractivity (Wildman–Crippen MR) is 55.8 cm³/mol. The Bertz CT molecular complexity index is 343. The number of hydrogen-bond acceptors (Lipinski definition) is 1. The summed E-state index contributed by atoms with van der Waals surface area (Å²) in [4.78, 5) is 11.4. The first-order valence-corrected chi connectivity index (χ1v) is 4.99. The summed E-state index contributed by atoms with van der Waals surface area (Å²) in [6, 6.07) is 6.06. The largest absolute Gasteiger partial charge is 0.322 e. The highest BCUT2D eigenvalue weighted by Gasteiger charge is 2.25. The molecule has 0 saturated carbocycles. The summed E-state index contributed by atoms with van der Waals surface area (Å²) in [5.41, 5.74) is 0.361. The summed E-state index contributed by atoms with van der Waals surface area (Å²) in [5.74, 6) is -0.369. The highest BCUT2D eigenvalue weighted by atomic mass is 35.5. The molecule has 0 aliphatic rings. The predicted octanol–water partition coefficient (Wildman–Crippen LogP) is 4.13. The van der Waals surface area contributed by atoms with Crippen LogP contribution in [0.2, 0.25) is 5.02 Å². The van der Waals surface area contributed by atoms with Crippen molar-refractivity contribution in [2.45, 2.75) is 18.2 Å². The molecular weight excluding hydrogens is 245 g/mol. The second-order valence-corrected chi connectivity index (χ2v) is 4.03. The van der Waals surface area contributed by atoms with Gasteiger partial charge in [0.2, 0.25) is 0 Å². The number of hydrogen-bond donors (Lipinski definition) is 0. The van der Waals surface area contributed by atoms with E-state index in [9.17, 15) is 13.6 Å². The van der Waals surface area contributed by atoms with E-state index < -0.39 is 11.8 Å². The van der Waals surface area contributed by atoms with Crippen molar-refractivity contribution in [1.29, 1.82) is 0 Å². The first-order valence-electron chi connectivity index (χ1n) is 4.24. The quantitative estimate of drug-likeness (QED) is 0.582. The Kier molecular flexibility index (Phi) is 4.05. The van der Waals surface area contributed by atoms with E-state index in [0.717, 1.165) is 0 Å². The summed E-state index contributed by atoms with van der Waals surface area (Å²) in [6.07, 6.45) is -0.936. The fraction of sp³-hybridized carbons (Fsp3) is 0.300. The maximum absolute atomic E-state index is 12.3. The molecule has 5 heteroatoms. The number of rotatable bonds is 4. The van der Waals surface area contributed by atoms with Crippen LogP contribution in [0.15, 0.2) is 24.3 Å². The smallest absolute Gasteiger partial charge is 0.294 e. The molecule has 0 spiro atoms. The van der Waals surface area contributed by atoms with Crippen molar-refractivity contribution in [2.24, 2.45) is 0 Å². The Morgan fingerprint density at radius 1 is 1.27 bits per heavy atom. The van der Waals surface area contributed by atoms with Crippen LogP contribution in [0.25, 0.3) is 0 Å². The Labute approximate surface area is 96.0 Å². The van der Waals surface area contributed by atoms with Gasteiger partial charge in [-0.05, 0) is 35.9 Å². The molecule has 0 atom stereocenters. The normalized spacial score (nSPS) is 11.5. The zero-order chi connectivity index (χ0) is 11.5. The molecule has 0 aliphatic carbocycles. The first kappa shape index (κ1) is 12.4. The van der Waals surface area contributed by atoms with Crippen molar-refractivity contribution in [3.63, 3.8) is 0 Å². The van der Waals surface area contributed by atoms with E-state index in [4.69, 9.17) is 11.6 Å². The molecule has 0 aromatic heterocycles. The van der Waals surface area contributed by atoms with Gasteiger partial charge >= 0.3 is 5.38 Å². The second-order valence-electron chi connectivity index (χ2n) is 3.05. The van der Waals surface area contributed by atoms with Gasteiger partial charge in [0.15, 0.2) is 5.78 Å². The van der Waals surface area contributed by atoms with Crippen molar-refractivity contribution in [1.82, 2.24) is 0 Å². The third-order valence-electron chi connectivity index (χ3n) is 1.80. The first-order chi connectivity index (χ1) is 6.88. The van der Waals surface area contributed by atoms with Crippen LogP contribution in [-0.2, 0) is 0 Å². The molecule has 1 nitrogen and oxygen atoms in total. The van der Waals surface area contributed by atoms with Crippen LogP contribution >= 0.6 is 23.2 Å². The van der Waals surface area contributed by atoms with Gasteiger partial charge in [0, 0.05) is 23.4 Å². The van der Waals surface area contributed by atoms with Gasteiger partial charge in [-0.15, -0.1) is 0 Å². The Balaban J connectivity index is 2.58. The molecule has 0 bridgehead atoms. The lowest BCUT2D eigenvalue weighted by molar-refractivity contribution is 0.0735. The van der Waals surface area contributed by atoms with Crippen LogP contribution in [0.1, 0.15) is 23.2 Å². The Hall–Kier alpha value is -0.670. The van der Waals surface area contributed by atoms with Gasteiger partial charge in [-0.2, -0.15) is 8.78 Å². The molecule has 1 aromatic rings. The van der Waals surface area contributed by atoms with E-state index in [1.165, 1.54) is 24.3 Å². The summed E-state index contributed by atoms with van der Waals surface area (Å²) in [5, 5.41) is -2.82. The average molecular weight is 253 g/mol. The molecule has 0 fully saturated rings. The average Bonchev–Trinajstić information content (AvgIpc) is 2.14. The number of Topliss-reactive ketones (excluding diaryl/α,β-unsaturated/α-hetero) is 1. The third kappa shape index (κ3) is 4.58. The second kappa shape index (κ2) is 4.90. The number of ketones is 1. The van der Waals surface area contributed by atoms with Crippen molar-refractivity contribution < 1.29 is 13.6 Å². The standard InChI is InChI=1S/C10H8Cl2F2O/c11-8-3-1-7(2-4-8)9(15)5-6-10(12,13)14/h1-4H,5-6H2. The van der Waals surface area contributed by atoms with Gasteiger partial charge in [-0.3, -0.25) is 4.79 Å². The minimum absolute atomic E-state index is 0.280. The maximum Gasteiger partial charge on any atom is 0.322 e. The van der Waals surface area contributed by atoms with Crippen molar-refractivity contribution in [3.05, 3.63) is 34.9 Å². The topological polar surface area (TPSA) is 17.1 Å². The minimum atomic E-state index is -3.32. The fourth-order valence-corrected chi connectivity index (χ4v) is 1.26. The molecule has 0 heterocycles. The molecule has 0 unspecified atom stereocenters. The zero-order valence-corrected chi connectivity index (χ0v) is 9.16.